The van der Waals surface area contributed by atoms with Crippen molar-refractivity contribution in [1.82, 2.24) is 30.0 Å². The Kier molecular flexibility index (Phi) is 5.89. The van der Waals surface area contributed by atoms with Gasteiger partial charge in [-0.3, -0.25) is 4.79 Å². The molecule has 1 amide bonds. The number of aromatic nitrogens is 5. The summed E-state index contributed by atoms with van der Waals surface area (Å²) in [6, 6.07) is 2.41. The van der Waals surface area contributed by atoms with Gasteiger partial charge in [0, 0.05) is 23.0 Å². The van der Waals surface area contributed by atoms with Crippen LogP contribution in [0.25, 0.3) is 5.95 Å². The molecular weight excluding hydrogens is 454 g/mol. The highest BCUT2D eigenvalue weighted by Gasteiger charge is 2.38. The van der Waals surface area contributed by atoms with Crippen molar-refractivity contribution in [2.24, 2.45) is 0 Å². The fraction of sp³-hybridized carbons (Fsp3) is 0.235. The quantitative estimate of drug-likeness (QED) is 0.584. The van der Waals surface area contributed by atoms with Gasteiger partial charge in [0.15, 0.2) is 5.82 Å². The lowest BCUT2D eigenvalue weighted by molar-refractivity contribution is -0.145. The summed E-state index contributed by atoms with van der Waals surface area (Å²) in [6.45, 7) is 1.27. The SMILES string of the molecule is CC(NC(=O)c1cc(Cl)cc(C(F)(F)F)c1)c1nc(C(F)(F)F)nn1-c1ncccn1. The molecule has 2 heterocycles. The lowest BCUT2D eigenvalue weighted by atomic mass is 10.1. The maximum absolute atomic E-state index is 13.1. The van der Waals surface area contributed by atoms with Crippen molar-refractivity contribution >= 4 is 17.5 Å². The molecule has 0 saturated heterocycles. The molecule has 1 aromatic carbocycles. The van der Waals surface area contributed by atoms with Crippen LogP contribution in [0.4, 0.5) is 26.3 Å². The number of amides is 1. The predicted molar refractivity (Wildman–Crippen MR) is 94.3 cm³/mol. The van der Waals surface area contributed by atoms with Crippen molar-refractivity contribution in [3.8, 4) is 5.95 Å². The molecule has 0 saturated carbocycles. The Balaban J connectivity index is 1.95. The summed E-state index contributed by atoms with van der Waals surface area (Å²) < 4.78 is 78.9. The summed E-state index contributed by atoms with van der Waals surface area (Å²) in [5.41, 5.74) is -1.59. The number of rotatable bonds is 4. The molecule has 0 aliphatic rings. The van der Waals surface area contributed by atoms with Gasteiger partial charge in [-0.1, -0.05) is 11.6 Å². The highest BCUT2D eigenvalue weighted by molar-refractivity contribution is 6.31. The molecule has 164 valence electrons. The molecule has 2 aromatic heterocycles. The molecular formula is C17H11ClF6N6O. The normalized spacial score (nSPS) is 13.2. The Morgan fingerprint density at radius 3 is 2.29 bits per heavy atom. The Bertz CT molecular complexity index is 1100. The fourth-order valence-corrected chi connectivity index (χ4v) is 2.74. The van der Waals surface area contributed by atoms with Gasteiger partial charge in [0.25, 0.3) is 17.7 Å². The second-order valence-corrected chi connectivity index (χ2v) is 6.61. The third-order valence-corrected chi connectivity index (χ3v) is 4.07. The van der Waals surface area contributed by atoms with E-state index in [2.05, 4.69) is 25.4 Å². The molecule has 0 spiro atoms. The van der Waals surface area contributed by atoms with Crippen LogP contribution < -0.4 is 5.32 Å². The van der Waals surface area contributed by atoms with Crippen LogP contribution in [0.5, 0.6) is 0 Å². The van der Waals surface area contributed by atoms with E-state index in [0.717, 1.165) is 6.07 Å². The van der Waals surface area contributed by atoms with Gasteiger partial charge in [-0.15, -0.1) is 5.10 Å². The zero-order valence-corrected chi connectivity index (χ0v) is 16.1. The average molecular weight is 465 g/mol. The first-order valence-electron chi connectivity index (χ1n) is 8.36. The van der Waals surface area contributed by atoms with Crippen molar-refractivity contribution in [2.45, 2.75) is 25.3 Å². The van der Waals surface area contributed by atoms with Crippen LogP contribution in [0.3, 0.4) is 0 Å². The van der Waals surface area contributed by atoms with Gasteiger partial charge in [-0.2, -0.15) is 31.0 Å². The van der Waals surface area contributed by atoms with E-state index in [4.69, 9.17) is 11.6 Å². The highest BCUT2D eigenvalue weighted by atomic mass is 35.5. The molecule has 3 aromatic rings. The van der Waals surface area contributed by atoms with Crippen molar-refractivity contribution in [3.63, 3.8) is 0 Å². The van der Waals surface area contributed by atoms with Gasteiger partial charge in [0.2, 0.25) is 0 Å². The molecule has 0 bridgehead atoms. The van der Waals surface area contributed by atoms with Crippen LogP contribution in [0.15, 0.2) is 36.7 Å². The molecule has 1 N–H and O–H groups in total. The van der Waals surface area contributed by atoms with Crippen LogP contribution >= 0.6 is 11.6 Å². The minimum absolute atomic E-state index is 0.247. The van der Waals surface area contributed by atoms with Gasteiger partial charge < -0.3 is 5.32 Å². The number of halogens is 7. The largest absolute Gasteiger partial charge is 0.453 e. The first-order chi connectivity index (χ1) is 14.4. The maximum Gasteiger partial charge on any atom is 0.453 e. The lowest BCUT2D eigenvalue weighted by Gasteiger charge is -2.15. The summed E-state index contributed by atoms with van der Waals surface area (Å²) in [6.07, 6.45) is -7.13. The van der Waals surface area contributed by atoms with Crippen molar-refractivity contribution in [1.29, 1.82) is 0 Å². The summed E-state index contributed by atoms with van der Waals surface area (Å²) in [7, 11) is 0. The van der Waals surface area contributed by atoms with Crippen LogP contribution in [0, 0.1) is 0 Å². The zero-order chi connectivity index (χ0) is 23.0. The molecule has 31 heavy (non-hydrogen) atoms. The first kappa shape index (κ1) is 22.5. The lowest BCUT2D eigenvalue weighted by Crippen LogP contribution is -2.29. The molecule has 0 radical (unpaired) electrons. The van der Waals surface area contributed by atoms with Crippen LogP contribution in [0.2, 0.25) is 5.02 Å². The van der Waals surface area contributed by atoms with E-state index in [1.165, 1.54) is 25.4 Å². The van der Waals surface area contributed by atoms with Crippen LogP contribution in [-0.4, -0.2) is 30.6 Å². The zero-order valence-electron chi connectivity index (χ0n) is 15.3. The van der Waals surface area contributed by atoms with E-state index < -0.39 is 41.3 Å². The Morgan fingerprint density at radius 1 is 1.06 bits per heavy atom. The highest BCUT2D eigenvalue weighted by Crippen LogP contribution is 2.32. The summed E-state index contributed by atoms with van der Waals surface area (Å²) in [4.78, 5) is 23.5. The molecule has 1 atom stereocenters. The second kappa shape index (κ2) is 8.13. The van der Waals surface area contributed by atoms with Gasteiger partial charge in [0.1, 0.15) is 0 Å². The minimum Gasteiger partial charge on any atom is -0.342 e. The molecule has 0 aliphatic carbocycles. The van der Waals surface area contributed by atoms with Gasteiger partial charge in [0.05, 0.1) is 11.6 Å². The van der Waals surface area contributed by atoms with E-state index in [0.29, 0.717) is 16.8 Å². The van der Waals surface area contributed by atoms with E-state index in [1.54, 1.807) is 0 Å². The predicted octanol–water partition coefficient (Wildman–Crippen LogP) is 4.24. The molecule has 14 heteroatoms. The number of benzene rings is 1. The first-order valence-corrected chi connectivity index (χ1v) is 8.74. The number of alkyl halides is 6. The number of carbonyl (C=O) groups excluding carboxylic acids is 1. The summed E-state index contributed by atoms with van der Waals surface area (Å²) >= 11 is 5.66. The third-order valence-electron chi connectivity index (χ3n) is 3.85. The monoisotopic (exact) mass is 464 g/mol. The van der Waals surface area contributed by atoms with Gasteiger partial charge >= 0.3 is 12.4 Å². The van der Waals surface area contributed by atoms with Crippen molar-refractivity contribution < 1.29 is 31.1 Å². The molecule has 0 aliphatic heterocycles. The third kappa shape index (κ3) is 5.10. The Hall–Kier alpha value is -3.22. The number of nitrogens with zero attached hydrogens (tertiary/aromatic N) is 5. The van der Waals surface area contributed by atoms with Crippen molar-refractivity contribution in [2.75, 3.05) is 0 Å². The molecule has 0 fully saturated rings. The Labute approximate surface area is 175 Å². The van der Waals surface area contributed by atoms with E-state index >= 15 is 0 Å². The fourth-order valence-electron chi connectivity index (χ4n) is 2.50. The minimum atomic E-state index is -4.90. The van der Waals surface area contributed by atoms with E-state index in [1.807, 2.05) is 0 Å². The number of carbonyl (C=O) groups is 1. The second-order valence-electron chi connectivity index (χ2n) is 6.17. The van der Waals surface area contributed by atoms with E-state index in [-0.39, 0.29) is 16.8 Å². The molecule has 3 rings (SSSR count). The van der Waals surface area contributed by atoms with E-state index in [9.17, 15) is 31.1 Å². The molecule has 7 nitrogen and oxygen atoms in total. The van der Waals surface area contributed by atoms with Crippen LogP contribution in [-0.2, 0) is 12.4 Å². The van der Waals surface area contributed by atoms with Gasteiger partial charge in [-0.05, 0) is 31.2 Å². The number of hydrogen-bond donors (Lipinski definition) is 1. The van der Waals surface area contributed by atoms with Crippen molar-refractivity contribution in [3.05, 3.63) is 64.5 Å². The summed E-state index contributed by atoms with van der Waals surface area (Å²) in [5.74, 6) is -3.15. The average Bonchev–Trinajstić information content (AvgIpc) is 3.13. The van der Waals surface area contributed by atoms with Gasteiger partial charge in [-0.25, -0.2) is 15.0 Å². The summed E-state index contributed by atoms with van der Waals surface area (Å²) in [5, 5.41) is 5.29. The number of nitrogens with one attached hydrogen (secondary N) is 1. The topological polar surface area (TPSA) is 85.6 Å². The van der Waals surface area contributed by atoms with Crippen LogP contribution in [0.1, 0.15) is 40.5 Å². The maximum atomic E-state index is 13.1. The molecule has 1 unspecified atom stereocenters. The number of hydrogen-bond acceptors (Lipinski definition) is 5. The Morgan fingerprint density at radius 2 is 1.71 bits per heavy atom. The smallest absolute Gasteiger partial charge is 0.342 e. The standard InChI is InChI=1S/C17H11ClF6N6O/c1-8(27-13(31)9-5-10(16(19,20)21)7-11(18)6-9)12-28-14(17(22,23)24)29-30(12)15-25-3-2-4-26-15/h2-8H,1H3,(H,27,31).